The topological polar surface area (TPSA) is 17.0 Å². The molecule has 0 saturated carbocycles. The normalized spacial score (nSPS) is 11.2. The molecule has 0 atom stereocenters. The molecular weight excluding hydrogens is 232 g/mol. The molecule has 0 aliphatic heterocycles. The number of nitrogens with zero attached hydrogens (tertiary/aromatic N) is 1. The maximum atomic E-state index is 3.52. The Hall–Kier alpha value is -1.54. The van der Waals surface area contributed by atoms with Crippen molar-refractivity contribution in [2.75, 3.05) is 6.54 Å². The summed E-state index contributed by atoms with van der Waals surface area (Å²) < 4.78 is 2.33. The first-order chi connectivity index (χ1) is 9.09. The molecule has 1 N–H and O–H groups in total. The average molecular weight is 256 g/mol. The quantitative estimate of drug-likeness (QED) is 0.860. The van der Waals surface area contributed by atoms with E-state index in [-0.39, 0.29) is 0 Å². The van der Waals surface area contributed by atoms with E-state index in [1.165, 1.54) is 22.6 Å². The minimum atomic E-state index is 0.692. The van der Waals surface area contributed by atoms with Crippen LogP contribution < -0.4 is 5.32 Å². The predicted octanol–water partition coefficient (Wildman–Crippen LogP) is 3.84. The standard InChI is InChI=1S/C17H24N2/c1-13(2)11-18-12-16-10-14(3)19(15(16)4)17-8-6-5-7-9-17/h5-10,13,18H,11-12H2,1-4H3. The molecule has 2 aromatic rings. The van der Waals surface area contributed by atoms with Crippen LogP contribution in [-0.4, -0.2) is 11.1 Å². The molecule has 0 radical (unpaired) electrons. The van der Waals surface area contributed by atoms with Gasteiger partial charge in [0, 0.05) is 23.6 Å². The highest BCUT2D eigenvalue weighted by atomic mass is 15.0. The first-order valence-electron chi connectivity index (χ1n) is 7.03. The third-order valence-corrected chi connectivity index (χ3v) is 3.42. The average Bonchev–Trinajstić information content (AvgIpc) is 2.65. The fourth-order valence-electron chi connectivity index (χ4n) is 2.48. The van der Waals surface area contributed by atoms with Gasteiger partial charge in [0.25, 0.3) is 0 Å². The molecule has 2 rings (SSSR count). The first-order valence-corrected chi connectivity index (χ1v) is 7.03. The SMILES string of the molecule is Cc1cc(CNCC(C)C)c(C)n1-c1ccccc1. The number of para-hydroxylation sites is 1. The first kappa shape index (κ1) is 13.9. The van der Waals surface area contributed by atoms with Crippen LogP contribution in [0.2, 0.25) is 0 Å². The van der Waals surface area contributed by atoms with E-state index in [1.54, 1.807) is 0 Å². The lowest BCUT2D eigenvalue weighted by atomic mass is 10.2. The number of aryl methyl sites for hydroxylation is 1. The fraction of sp³-hybridized carbons (Fsp3) is 0.412. The monoisotopic (exact) mass is 256 g/mol. The summed E-state index contributed by atoms with van der Waals surface area (Å²) in [7, 11) is 0. The van der Waals surface area contributed by atoms with Crippen molar-refractivity contribution in [3.63, 3.8) is 0 Å². The van der Waals surface area contributed by atoms with Crippen molar-refractivity contribution >= 4 is 0 Å². The third kappa shape index (κ3) is 3.27. The summed E-state index contributed by atoms with van der Waals surface area (Å²) >= 11 is 0. The van der Waals surface area contributed by atoms with Crippen molar-refractivity contribution in [1.82, 2.24) is 9.88 Å². The lowest BCUT2D eigenvalue weighted by Crippen LogP contribution is -2.19. The van der Waals surface area contributed by atoms with Gasteiger partial charge in [0.05, 0.1) is 0 Å². The van der Waals surface area contributed by atoms with Gasteiger partial charge in [-0.15, -0.1) is 0 Å². The van der Waals surface area contributed by atoms with Crippen molar-refractivity contribution in [3.8, 4) is 5.69 Å². The van der Waals surface area contributed by atoms with Gasteiger partial charge in [0.15, 0.2) is 0 Å². The van der Waals surface area contributed by atoms with Crippen LogP contribution >= 0.6 is 0 Å². The lowest BCUT2D eigenvalue weighted by molar-refractivity contribution is 0.551. The van der Waals surface area contributed by atoms with Crippen molar-refractivity contribution in [2.45, 2.75) is 34.2 Å². The fourth-order valence-corrected chi connectivity index (χ4v) is 2.48. The molecule has 0 bridgehead atoms. The van der Waals surface area contributed by atoms with Crippen LogP contribution in [-0.2, 0) is 6.54 Å². The molecule has 1 aromatic carbocycles. The largest absolute Gasteiger partial charge is 0.318 e. The minimum Gasteiger partial charge on any atom is -0.318 e. The molecule has 102 valence electrons. The van der Waals surface area contributed by atoms with E-state index in [9.17, 15) is 0 Å². The van der Waals surface area contributed by atoms with Crippen LogP contribution in [0.1, 0.15) is 30.8 Å². The van der Waals surface area contributed by atoms with E-state index >= 15 is 0 Å². The highest BCUT2D eigenvalue weighted by molar-refractivity contribution is 5.40. The Morgan fingerprint density at radius 2 is 1.79 bits per heavy atom. The Morgan fingerprint density at radius 3 is 2.42 bits per heavy atom. The van der Waals surface area contributed by atoms with Gasteiger partial charge in [-0.2, -0.15) is 0 Å². The van der Waals surface area contributed by atoms with Gasteiger partial charge in [-0.1, -0.05) is 32.0 Å². The van der Waals surface area contributed by atoms with Crippen molar-refractivity contribution < 1.29 is 0 Å². The predicted molar refractivity (Wildman–Crippen MR) is 81.8 cm³/mol. The molecule has 0 aliphatic rings. The number of aromatic nitrogens is 1. The maximum absolute atomic E-state index is 3.52. The van der Waals surface area contributed by atoms with Gasteiger partial charge in [0.2, 0.25) is 0 Å². The molecular formula is C17H24N2. The highest BCUT2D eigenvalue weighted by Crippen LogP contribution is 2.20. The van der Waals surface area contributed by atoms with Gasteiger partial charge >= 0.3 is 0 Å². The molecule has 0 unspecified atom stereocenters. The van der Waals surface area contributed by atoms with Crippen molar-refractivity contribution in [3.05, 3.63) is 53.3 Å². The van der Waals surface area contributed by atoms with Crippen molar-refractivity contribution in [1.29, 1.82) is 0 Å². The van der Waals surface area contributed by atoms with Gasteiger partial charge in [-0.25, -0.2) is 0 Å². The lowest BCUT2D eigenvalue weighted by Gasteiger charge is -2.10. The second-order valence-corrected chi connectivity index (χ2v) is 5.59. The van der Waals surface area contributed by atoms with E-state index in [0.29, 0.717) is 5.92 Å². The Bertz CT molecular complexity index is 524. The van der Waals surface area contributed by atoms with Gasteiger partial charge in [0.1, 0.15) is 0 Å². The molecule has 0 fully saturated rings. The van der Waals surface area contributed by atoms with Crippen LogP contribution in [0.25, 0.3) is 5.69 Å². The number of benzene rings is 1. The molecule has 1 aromatic heterocycles. The van der Waals surface area contributed by atoms with E-state index in [2.05, 4.69) is 74.0 Å². The number of nitrogens with one attached hydrogen (secondary N) is 1. The Labute approximate surface area is 116 Å². The zero-order valence-electron chi connectivity index (χ0n) is 12.4. The van der Waals surface area contributed by atoms with Crippen LogP contribution in [0.4, 0.5) is 0 Å². The Balaban J connectivity index is 2.20. The molecule has 0 aliphatic carbocycles. The van der Waals surface area contributed by atoms with Gasteiger partial charge in [-0.05, 0) is 50.1 Å². The highest BCUT2D eigenvalue weighted by Gasteiger charge is 2.10. The van der Waals surface area contributed by atoms with Crippen molar-refractivity contribution in [2.24, 2.45) is 5.92 Å². The minimum absolute atomic E-state index is 0.692. The molecule has 0 saturated heterocycles. The molecule has 1 heterocycles. The number of hydrogen-bond acceptors (Lipinski definition) is 1. The zero-order valence-corrected chi connectivity index (χ0v) is 12.4. The third-order valence-electron chi connectivity index (χ3n) is 3.42. The molecule has 0 amide bonds. The summed E-state index contributed by atoms with van der Waals surface area (Å²) in [5.41, 5.74) is 5.26. The summed E-state index contributed by atoms with van der Waals surface area (Å²) in [6, 6.07) is 12.8. The van der Waals surface area contributed by atoms with Crippen LogP contribution in [0, 0.1) is 19.8 Å². The van der Waals surface area contributed by atoms with E-state index in [0.717, 1.165) is 13.1 Å². The van der Waals surface area contributed by atoms with E-state index in [4.69, 9.17) is 0 Å². The smallest absolute Gasteiger partial charge is 0.0455 e. The molecule has 19 heavy (non-hydrogen) atoms. The Kier molecular flexibility index (Phi) is 4.43. The molecule has 2 heteroatoms. The number of hydrogen-bond donors (Lipinski definition) is 1. The van der Waals surface area contributed by atoms with E-state index < -0.39 is 0 Å². The molecule has 2 nitrogen and oxygen atoms in total. The van der Waals surface area contributed by atoms with Crippen LogP contribution in [0.15, 0.2) is 36.4 Å². The maximum Gasteiger partial charge on any atom is 0.0455 e. The van der Waals surface area contributed by atoms with Gasteiger partial charge < -0.3 is 9.88 Å². The van der Waals surface area contributed by atoms with Crippen LogP contribution in [0.3, 0.4) is 0 Å². The summed E-state index contributed by atoms with van der Waals surface area (Å²) in [4.78, 5) is 0. The second-order valence-electron chi connectivity index (χ2n) is 5.59. The second kappa shape index (κ2) is 6.07. The summed E-state index contributed by atoms with van der Waals surface area (Å²) in [6.45, 7) is 10.9. The molecule has 0 spiro atoms. The Morgan fingerprint density at radius 1 is 1.11 bits per heavy atom. The van der Waals surface area contributed by atoms with Crippen LogP contribution in [0.5, 0.6) is 0 Å². The summed E-state index contributed by atoms with van der Waals surface area (Å²) in [5, 5.41) is 3.52. The number of rotatable bonds is 5. The summed E-state index contributed by atoms with van der Waals surface area (Å²) in [5.74, 6) is 0.692. The van der Waals surface area contributed by atoms with Gasteiger partial charge in [-0.3, -0.25) is 0 Å². The van der Waals surface area contributed by atoms with E-state index in [1.807, 2.05) is 0 Å². The summed E-state index contributed by atoms with van der Waals surface area (Å²) in [6.07, 6.45) is 0. The zero-order chi connectivity index (χ0) is 13.8.